The maximum Gasteiger partial charge on any atom is 0.0718 e. The Morgan fingerprint density at radius 2 is 1.92 bits per heavy atom. The van der Waals surface area contributed by atoms with E-state index in [2.05, 4.69) is 4.90 Å². The predicted octanol–water partition coefficient (Wildman–Crippen LogP) is 0.868. The monoisotopic (exact) mass is 187 g/mol. The van der Waals surface area contributed by atoms with Crippen LogP contribution in [-0.2, 0) is 4.74 Å². The van der Waals surface area contributed by atoms with E-state index in [1.54, 1.807) is 7.11 Å². The molecule has 0 unspecified atom stereocenters. The molecule has 0 aliphatic carbocycles. The van der Waals surface area contributed by atoms with E-state index in [1.165, 1.54) is 0 Å². The average Bonchev–Trinajstić information content (AvgIpc) is 2.03. The van der Waals surface area contributed by atoms with Crippen LogP contribution in [-0.4, -0.2) is 48.5 Å². The summed E-state index contributed by atoms with van der Waals surface area (Å²) in [7, 11) is 1.77. The molecule has 0 aromatic rings. The van der Waals surface area contributed by atoms with Gasteiger partial charge in [-0.25, -0.2) is 0 Å². The van der Waals surface area contributed by atoms with Gasteiger partial charge in [0, 0.05) is 26.7 Å². The number of ether oxygens (including phenoxy) is 1. The Morgan fingerprint density at radius 1 is 1.38 bits per heavy atom. The number of nitrogens with zero attached hydrogens (tertiary/aromatic N) is 1. The fourth-order valence-electron chi connectivity index (χ4n) is 1.85. The lowest BCUT2D eigenvalue weighted by molar-refractivity contribution is -0.00239. The van der Waals surface area contributed by atoms with Crippen LogP contribution in [0.25, 0.3) is 0 Å². The van der Waals surface area contributed by atoms with Crippen molar-refractivity contribution in [3.05, 3.63) is 0 Å². The Kier molecular flexibility index (Phi) is 3.71. The second kappa shape index (κ2) is 4.40. The highest BCUT2D eigenvalue weighted by Crippen LogP contribution is 2.15. The minimum absolute atomic E-state index is 0.429. The molecule has 0 atom stereocenters. The number of β-amino-alcohol motifs (C(OH)–C–C–N with tert-alkyl or cyclic N) is 1. The molecule has 1 fully saturated rings. The SMILES string of the molecule is COC1CCN(CC(C)(C)O)CC1. The zero-order valence-corrected chi connectivity index (χ0v) is 8.92. The third-order valence-corrected chi connectivity index (χ3v) is 2.48. The van der Waals surface area contributed by atoms with Crippen molar-refractivity contribution in [2.75, 3.05) is 26.7 Å². The lowest BCUT2D eigenvalue weighted by Crippen LogP contribution is -2.44. The molecule has 1 heterocycles. The Hall–Kier alpha value is -0.120. The summed E-state index contributed by atoms with van der Waals surface area (Å²) in [5.41, 5.74) is -0.570. The third kappa shape index (κ3) is 4.07. The highest BCUT2D eigenvalue weighted by atomic mass is 16.5. The standard InChI is InChI=1S/C10H21NO2/c1-10(2,12)8-11-6-4-9(13-3)5-7-11/h9,12H,4-8H2,1-3H3. The van der Waals surface area contributed by atoms with E-state index in [4.69, 9.17) is 4.74 Å². The Balaban J connectivity index is 2.25. The molecule has 0 saturated carbocycles. The Morgan fingerprint density at radius 3 is 2.31 bits per heavy atom. The van der Waals surface area contributed by atoms with Gasteiger partial charge in [-0.3, -0.25) is 0 Å². The first kappa shape index (κ1) is 11.0. The van der Waals surface area contributed by atoms with E-state index in [9.17, 15) is 5.11 Å². The van der Waals surface area contributed by atoms with Crippen LogP contribution in [0.5, 0.6) is 0 Å². The number of piperidine rings is 1. The van der Waals surface area contributed by atoms with Crippen molar-refractivity contribution < 1.29 is 9.84 Å². The molecule has 1 aliphatic heterocycles. The molecule has 1 saturated heterocycles. The van der Waals surface area contributed by atoms with Crippen molar-refractivity contribution in [1.29, 1.82) is 0 Å². The van der Waals surface area contributed by atoms with Crippen LogP contribution >= 0.6 is 0 Å². The molecule has 78 valence electrons. The van der Waals surface area contributed by atoms with E-state index >= 15 is 0 Å². The van der Waals surface area contributed by atoms with Gasteiger partial charge >= 0.3 is 0 Å². The zero-order valence-electron chi connectivity index (χ0n) is 8.92. The molecular weight excluding hydrogens is 166 g/mol. The van der Waals surface area contributed by atoms with Gasteiger partial charge < -0.3 is 14.7 Å². The minimum atomic E-state index is -0.570. The summed E-state index contributed by atoms with van der Waals surface area (Å²) in [5.74, 6) is 0. The minimum Gasteiger partial charge on any atom is -0.389 e. The molecular formula is C10H21NO2. The molecule has 0 radical (unpaired) electrons. The summed E-state index contributed by atoms with van der Waals surface area (Å²) in [4.78, 5) is 2.30. The summed E-state index contributed by atoms with van der Waals surface area (Å²) in [6.07, 6.45) is 2.61. The predicted molar refractivity (Wildman–Crippen MR) is 52.8 cm³/mol. The van der Waals surface area contributed by atoms with E-state index in [0.717, 1.165) is 32.5 Å². The lowest BCUT2D eigenvalue weighted by atomic mass is 10.0. The van der Waals surface area contributed by atoms with Crippen LogP contribution in [0.2, 0.25) is 0 Å². The number of rotatable bonds is 3. The molecule has 1 N–H and O–H groups in total. The lowest BCUT2D eigenvalue weighted by Gasteiger charge is -2.34. The number of hydrogen-bond donors (Lipinski definition) is 1. The molecule has 0 aromatic carbocycles. The Bertz CT molecular complexity index is 145. The van der Waals surface area contributed by atoms with Crippen molar-refractivity contribution in [1.82, 2.24) is 4.90 Å². The molecule has 3 heteroatoms. The molecule has 1 aliphatic rings. The van der Waals surface area contributed by atoms with Crippen LogP contribution in [0.15, 0.2) is 0 Å². The van der Waals surface area contributed by atoms with Gasteiger partial charge in [-0.1, -0.05) is 0 Å². The van der Waals surface area contributed by atoms with Gasteiger partial charge in [0.15, 0.2) is 0 Å². The van der Waals surface area contributed by atoms with Crippen LogP contribution in [0, 0.1) is 0 Å². The van der Waals surface area contributed by atoms with E-state index in [0.29, 0.717) is 6.10 Å². The highest BCUT2D eigenvalue weighted by Gasteiger charge is 2.23. The third-order valence-electron chi connectivity index (χ3n) is 2.48. The van der Waals surface area contributed by atoms with Crippen molar-refractivity contribution in [2.24, 2.45) is 0 Å². The second-order valence-electron chi connectivity index (χ2n) is 4.52. The van der Waals surface area contributed by atoms with Crippen LogP contribution in [0.1, 0.15) is 26.7 Å². The summed E-state index contributed by atoms with van der Waals surface area (Å²) in [6, 6.07) is 0. The largest absolute Gasteiger partial charge is 0.389 e. The van der Waals surface area contributed by atoms with Crippen LogP contribution in [0.3, 0.4) is 0 Å². The van der Waals surface area contributed by atoms with E-state index in [1.807, 2.05) is 13.8 Å². The fourth-order valence-corrected chi connectivity index (χ4v) is 1.85. The number of hydrogen-bond acceptors (Lipinski definition) is 3. The normalized spacial score (nSPS) is 22.2. The highest BCUT2D eigenvalue weighted by molar-refractivity contribution is 4.77. The molecule has 13 heavy (non-hydrogen) atoms. The smallest absolute Gasteiger partial charge is 0.0718 e. The number of likely N-dealkylation sites (tertiary alicyclic amines) is 1. The summed E-state index contributed by atoms with van der Waals surface area (Å²) in [5, 5.41) is 9.62. The first-order valence-electron chi connectivity index (χ1n) is 4.99. The maximum absolute atomic E-state index is 9.62. The van der Waals surface area contributed by atoms with Gasteiger partial charge in [0.25, 0.3) is 0 Å². The summed E-state index contributed by atoms with van der Waals surface area (Å²) >= 11 is 0. The molecule has 3 nitrogen and oxygen atoms in total. The van der Waals surface area contributed by atoms with Crippen molar-refractivity contribution in [2.45, 2.75) is 38.4 Å². The molecule has 0 spiro atoms. The maximum atomic E-state index is 9.62. The van der Waals surface area contributed by atoms with Crippen LogP contribution in [0.4, 0.5) is 0 Å². The van der Waals surface area contributed by atoms with Gasteiger partial charge in [0.05, 0.1) is 11.7 Å². The summed E-state index contributed by atoms with van der Waals surface area (Å²) < 4.78 is 5.28. The van der Waals surface area contributed by atoms with Crippen molar-refractivity contribution >= 4 is 0 Å². The van der Waals surface area contributed by atoms with E-state index < -0.39 is 5.60 Å². The summed E-state index contributed by atoms with van der Waals surface area (Å²) in [6.45, 7) is 6.57. The first-order valence-corrected chi connectivity index (χ1v) is 4.99. The zero-order chi connectivity index (χ0) is 9.90. The average molecular weight is 187 g/mol. The fraction of sp³-hybridized carbons (Fsp3) is 1.00. The molecule has 0 bridgehead atoms. The Labute approximate surface area is 80.7 Å². The topological polar surface area (TPSA) is 32.7 Å². The van der Waals surface area contributed by atoms with Gasteiger partial charge in [-0.2, -0.15) is 0 Å². The second-order valence-corrected chi connectivity index (χ2v) is 4.52. The van der Waals surface area contributed by atoms with Gasteiger partial charge in [-0.15, -0.1) is 0 Å². The molecule has 1 rings (SSSR count). The van der Waals surface area contributed by atoms with E-state index in [-0.39, 0.29) is 0 Å². The van der Waals surface area contributed by atoms with Crippen LogP contribution < -0.4 is 0 Å². The quantitative estimate of drug-likeness (QED) is 0.711. The number of methoxy groups -OCH3 is 1. The van der Waals surface area contributed by atoms with Crippen molar-refractivity contribution in [3.8, 4) is 0 Å². The molecule has 0 aromatic heterocycles. The van der Waals surface area contributed by atoms with Gasteiger partial charge in [0.2, 0.25) is 0 Å². The van der Waals surface area contributed by atoms with Crippen molar-refractivity contribution in [3.63, 3.8) is 0 Å². The molecule has 0 amide bonds. The van der Waals surface area contributed by atoms with Gasteiger partial charge in [0.1, 0.15) is 0 Å². The number of aliphatic hydroxyl groups is 1. The van der Waals surface area contributed by atoms with Gasteiger partial charge in [-0.05, 0) is 26.7 Å². The first-order chi connectivity index (χ1) is 6.01.